The van der Waals surface area contributed by atoms with E-state index in [1.165, 1.54) is 19.3 Å². The van der Waals surface area contributed by atoms with Crippen LogP contribution in [0.2, 0.25) is 0 Å². The van der Waals surface area contributed by atoms with Crippen LogP contribution in [0.15, 0.2) is 0 Å². The third-order valence-corrected chi connectivity index (χ3v) is 3.32. The number of hydrogen-bond acceptors (Lipinski definition) is 2. The predicted molar refractivity (Wildman–Crippen MR) is 56.7 cm³/mol. The van der Waals surface area contributed by atoms with Gasteiger partial charge in [0.25, 0.3) is 0 Å². The molecule has 0 aromatic heterocycles. The molecule has 2 aliphatic rings. The quantitative estimate of drug-likeness (QED) is 0.542. The Hall–Kier alpha value is -0.570. The van der Waals surface area contributed by atoms with Gasteiger partial charge in [-0.25, -0.2) is 0 Å². The van der Waals surface area contributed by atoms with E-state index >= 15 is 0 Å². The highest BCUT2D eigenvalue weighted by Crippen LogP contribution is 2.30. The lowest BCUT2D eigenvalue weighted by Gasteiger charge is -2.39. The van der Waals surface area contributed by atoms with E-state index in [4.69, 9.17) is 10.1 Å². The minimum atomic E-state index is 0.418. The molecular formula is C11H20N2O. The highest BCUT2D eigenvalue weighted by atomic mass is 16.5. The third kappa shape index (κ3) is 1.78. The lowest BCUT2D eigenvalue weighted by Crippen LogP contribution is -2.50. The molecule has 3 heteroatoms. The van der Waals surface area contributed by atoms with E-state index in [1.54, 1.807) is 0 Å². The van der Waals surface area contributed by atoms with E-state index in [2.05, 4.69) is 11.8 Å². The predicted octanol–water partition coefficient (Wildman–Crippen LogP) is 2.02. The zero-order valence-electron chi connectivity index (χ0n) is 8.96. The summed E-state index contributed by atoms with van der Waals surface area (Å²) in [6.45, 7) is 3.88. The lowest BCUT2D eigenvalue weighted by molar-refractivity contribution is -0.0303. The first kappa shape index (κ1) is 9.97. The van der Waals surface area contributed by atoms with Crippen LogP contribution in [0.1, 0.15) is 39.0 Å². The van der Waals surface area contributed by atoms with E-state index < -0.39 is 0 Å². The molecule has 0 amide bonds. The molecule has 2 atom stereocenters. The van der Waals surface area contributed by atoms with Gasteiger partial charge in [-0.1, -0.05) is 6.92 Å². The minimum Gasteiger partial charge on any atom is -0.374 e. The highest BCUT2D eigenvalue weighted by Gasteiger charge is 2.36. The summed E-state index contributed by atoms with van der Waals surface area (Å²) >= 11 is 0. The molecule has 0 aromatic rings. The van der Waals surface area contributed by atoms with Crippen LogP contribution < -0.4 is 0 Å². The van der Waals surface area contributed by atoms with Crippen molar-refractivity contribution in [2.45, 2.75) is 51.2 Å². The Balaban J connectivity index is 1.99. The molecule has 0 radical (unpaired) electrons. The van der Waals surface area contributed by atoms with Gasteiger partial charge in [0.05, 0.1) is 24.6 Å². The number of amidine groups is 1. The summed E-state index contributed by atoms with van der Waals surface area (Å²) in [4.78, 5) is 2.28. The van der Waals surface area contributed by atoms with Gasteiger partial charge >= 0.3 is 0 Å². The molecule has 1 aliphatic carbocycles. The zero-order chi connectivity index (χ0) is 9.97. The molecule has 2 rings (SSSR count). The van der Waals surface area contributed by atoms with Gasteiger partial charge in [0.1, 0.15) is 0 Å². The van der Waals surface area contributed by atoms with Gasteiger partial charge in [0.2, 0.25) is 0 Å². The van der Waals surface area contributed by atoms with Crippen LogP contribution in [-0.4, -0.2) is 36.0 Å². The Morgan fingerprint density at radius 2 is 2.36 bits per heavy atom. The van der Waals surface area contributed by atoms with Gasteiger partial charge < -0.3 is 9.64 Å². The SMILES string of the molecule is CCCC(=N)N1CCOC2CCCC21. The summed E-state index contributed by atoms with van der Waals surface area (Å²) in [5.74, 6) is 0.827. The van der Waals surface area contributed by atoms with Crippen LogP contribution in [0.4, 0.5) is 0 Å². The summed E-state index contributed by atoms with van der Waals surface area (Å²) in [7, 11) is 0. The number of hydrogen-bond donors (Lipinski definition) is 1. The van der Waals surface area contributed by atoms with Gasteiger partial charge in [-0.2, -0.15) is 0 Å². The molecule has 1 saturated heterocycles. The van der Waals surface area contributed by atoms with Crippen molar-refractivity contribution in [3.8, 4) is 0 Å². The van der Waals surface area contributed by atoms with E-state index in [0.717, 1.165) is 31.8 Å². The molecule has 1 aliphatic heterocycles. The number of rotatable bonds is 2. The monoisotopic (exact) mass is 196 g/mol. The minimum absolute atomic E-state index is 0.418. The van der Waals surface area contributed by atoms with Crippen molar-refractivity contribution in [2.75, 3.05) is 13.2 Å². The van der Waals surface area contributed by atoms with E-state index in [9.17, 15) is 0 Å². The second kappa shape index (κ2) is 4.30. The van der Waals surface area contributed by atoms with Gasteiger partial charge in [0, 0.05) is 13.0 Å². The first-order valence-corrected chi connectivity index (χ1v) is 5.78. The first-order chi connectivity index (χ1) is 6.83. The Bertz CT molecular complexity index is 217. The van der Waals surface area contributed by atoms with E-state index in [-0.39, 0.29) is 0 Å². The molecule has 0 spiro atoms. The normalized spacial score (nSPS) is 31.6. The van der Waals surface area contributed by atoms with Crippen molar-refractivity contribution in [3.05, 3.63) is 0 Å². The maximum atomic E-state index is 8.00. The first-order valence-electron chi connectivity index (χ1n) is 5.78. The van der Waals surface area contributed by atoms with Crippen molar-refractivity contribution >= 4 is 5.84 Å². The summed E-state index contributed by atoms with van der Waals surface area (Å²) in [6.07, 6.45) is 6.10. The fraction of sp³-hybridized carbons (Fsp3) is 0.909. The number of morpholine rings is 1. The second-order valence-corrected chi connectivity index (χ2v) is 4.30. The molecule has 80 valence electrons. The van der Waals surface area contributed by atoms with Crippen LogP contribution in [-0.2, 0) is 4.74 Å². The number of nitrogens with one attached hydrogen (secondary N) is 1. The zero-order valence-corrected chi connectivity index (χ0v) is 8.96. The molecule has 0 aromatic carbocycles. The van der Waals surface area contributed by atoms with Gasteiger partial charge in [-0.15, -0.1) is 0 Å². The molecular weight excluding hydrogens is 176 g/mol. The lowest BCUT2D eigenvalue weighted by atomic mass is 10.1. The van der Waals surface area contributed by atoms with Gasteiger partial charge in [-0.3, -0.25) is 5.41 Å². The van der Waals surface area contributed by atoms with Gasteiger partial charge in [0.15, 0.2) is 0 Å². The summed E-state index contributed by atoms with van der Waals surface area (Å²) in [5.41, 5.74) is 0. The molecule has 2 fully saturated rings. The van der Waals surface area contributed by atoms with Crippen molar-refractivity contribution in [2.24, 2.45) is 0 Å². The number of nitrogens with zero attached hydrogens (tertiary/aromatic N) is 1. The van der Waals surface area contributed by atoms with Crippen LogP contribution in [0.25, 0.3) is 0 Å². The van der Waals surface area contributed by atoms with Crippen LogP contribution in [0.5, 0.6) is 0 Å². The molecule has 1 saturated carbocycles. The number of ether oxygens (including phenoxy) is 1. The third-order valence-electron chi connectivity index (χ3n) is 3.32. The summed E-state index contributed by atoms with van der Waals surface area (Å²) in [5, 5.41) is 8.00. The topological polar surface area (TPSA) is 36.3 Å². The highest BCUT2D eigenvalue weighted by molar-refractivity contribution is 5.79. The van der Waals surface area contributed by atoms with Crippen molar-refractivity contribution in [1.82, 2.24) is 4.90 Å². The van der Waals surface area contributed by atoms with E-state index in [0.29, 0.717) is 12.1 Å². The average molecular weight is 196 g/mol. The largest absolute Gasteiger partial charge is 0.374 e. The van der Waals surface area contributed by atoms with Crippen molar-refractivity contribution in [3.63, 3.8) is 0 Å². The summed E-state index contributed by atoms with van der Waals surface area (Å²) in [6, 6.07) is 0.516. The maximum absolute atomic E-state index is 8.00. The fourth-order valence-corrected chi connectivity index (χ4v) is 2.64. The molecule has 14 heavy (non-hydrogen) atoms. The van der Waals surface area contributed by atoms with Crippen molar-refractivity contribution < 1.29 is 4.74 Å². The number of fused-ring (bicyclic) bond motifs is 1. The van der Waals surface area contributed by atoms with Gasteiger partial charge in [-0.05, 0) is 25.7 Å². The Labute approximate surface area is 85.9 Å². The van der Waals surface area contributed by atoms with Crippen LogP contribution in [0, 0.1) is 5.41 Å². The fourth-order valence-electron chi connectivity index (χ4n) is 2.64. The molecule has 2 unspecified atom stereocenters. The summed E-state index contributed by atoms with van der Waals surface area (Å²) < 4.78 is 5.72. The smallest absolute Gasteiger partial charge is 0.0961 e. The molecule has 1 N–H and O–H groups in total. The molecule has 0 bridgehead atoms. The average Bonchev–Trinajstić information content (AvgIpc) is 2.65. The Morgan fingerprint density at radius 1 is 1.50 bits per heavy atom. The maximum Gasteiger partial charge on any atom is 0.0961 e. The van der Waals surface area contributed by atoms with Crippen LogP contribution >= 0.6 is 0 Å². The van der Waals surface area contributed by atoms with E-state index in [1.807, 2.05) is 0 Å². The van der Waals surface area contributed by atoms with Crippen molar-refractivity contribution in [1.29, 1.82) is 5.41 Å². The molecule has 1 heterocycles. The molecule has 3 nitrogen and oxygen atoms in total. The standard InChI is InChI=1S/C11H20N2O/c1-2-4-11(12)13-7-8-14-10-6-3-5-9(10)13/h9-10,12H,2-8H2,1H3. The van der Waals surface area contributed by atoms with Crippen LogP contribution in [0.3, 0.4) is 0 Å². The second-order valence-electron chi connectivity index (χ2n) is 4.30. The Morgan fingerprint density at radius 3 is 3.14 bits per heavy atom. The Kier molecular flexibility index (Phi) is 3.06.